The SMILES string of the molecule is CCOC(=O)N1CCN(C(=O)CSc2nnc(N3CCCC3)n2-c2ccccc2Cl)CC1. The first kappa shape index (κ1) is 22.7. The lowest BCUT2D eigenvalue weighted by Crippen LogP contribution is -2.51. The van der Waals surface area contributed by atoms with Gasteiger partial charge in [0.1, 0.15) is 0 Å². The minimum Gasteiger partial charge on any atom is -0.450 e. The number of carbonyl (C=O) groups excluding carboxylic acids is 2. The highest BCUT2D eigenvalue weighted by atomic mass is 35.5. The molecule has 2 aromatic rings. The van der Waals surface area contributed by atoms with Crippen molar-refractivity contribution in [2.45, 2.75) is 24.9 Å². The van der Waals surface area contributed by atoms with Gasteiger partial charge in [-0.15, -0.1) is 10.2 Å². The molecular weight excluding hydrogens is 452 g/mol. The van der Waals surface area contributed by atoms with E-state index in [1.54, 1.807) is 16.7 Å². The first-order valence-electron chi connectivity index (χ1n) is 10.9. The summed E-state index contributed by atoms with van der Waals surface area (Å²) < 4.78 is 6.99. The molecule has 32 heavy (non-hydrogen) atoms. The van der Waals surface area contributed by atoms with Crippen molar-refractivity contribution in [3.8, 4) is 5.69 Å². The number of aromatic nitrogens is 3. The van der Waals surface area contributed by atoms with Gasteiger partial charge in [-0.25, -0.2) is 4.79 Å². The van der Waals surface area contributed by atoms with Crippen LogP contribution in [0.15, 0.2) is 29.4 Å². The van der Waals surface area contributed by atoms with Crippen LogP contribution in [0.2, 0.25) is 5.02 Å². The zero-order valence-corrected chi connectivity index (χ0v) is 19.6. The van der Waals surface area contributed by atoms with E-state index in [9.17, 15) is 9.59 Å². The van der Waals surface area contributed by atoms with Crippen molar-refractivity contribution in [2.24, 2.45) is 0 Å². The average Bonchev–Trinajstić information content (AvgIpc) is 3.48. The summed E-state index contributed by atoms with van der Waals surface area (Å²) in [7, 11) is 0. The van der Waals surface area contributed by atoms with Crippen molar-refractivity contribution in [3.05, 3.63) is 29.3 Å². The summed E-state index contributed by atoms with van der Waals surface area (Å²) in [5.41, 5.74) is 0.805. The zero-order chi connectivity index (χ0) is 22.5. The number of nitrogens with zero attached hydrogens (tertiary/aromatic N) is 6. The number of benzene rings is 1. The number of hydrogen-bond donors (Lipinski definition) is 0. The summed E-state index contributed by atoms with van der Waals surface area (Å²) in [5, 5.41) is 10.1. The number of piperazine rings is 1. The van der Waals surface area contributed by atoms with E-state index in [0.717, 1.165) is 37.6 Å². The molecule has 0 bridgehead atoms. The Bertz CT molecular complexity index is 957. The second kappa shape index (κ2) is 10.4. The Morgan fingerprint density at radius 3 is 2.41 bits per heavy atom. The Labute approximate surface area is 196 Å². The van der Waals surface area contributed by atoms with Gasteiger partial charge in [0.2, 0.25) is 11.9 Å². The van der Waals surface area contributed by atoms with Crippen LogP contribution in [0.4, 0.5) is 10.7 Å². The van der Waals surface area contributed by atoms with Crippen LogP contribution in [0.1, 0.15) is 19.8 Å². The Morgan fingerprint density at radius 2 is 1.72 bits per heavy atom. The zero-order valence-electron chi connectivity index (χ0n) is 18.1. The van der Waals surface area contributed by atoms with Crippen LogP contribution in [0, 0.1) is 0 Å². The maximum Gasteiger partial charge on any atom is 0.409 e. The number of thioether (sulfide) groups is 1. The molecule has 0 unspecified atom stereocenters. The molecule has 2 aliphatic rings. The summed E-state index contributed by atoms with van der Waals surface area (Å²) in [5.74, 6) is 1.01. The summed E-state index contributed by atoms with van der Waals surface area (Å²) >= 11 is 7.85. The van der Waals surface area contributed by atoms with E-state index in [0.29, 0.717) is 43.0 Å². The van der Waals surface area contributed by atoms with Crippen LogP contribution in [0.3, 0.4) is 0 Å². The fourth-order valence-electron chi connectivity index (χ4n) is 3.89. The predicted molar refractivity (Wildman–Crippen MR) is 124 cm³/mol. The van der Waals surface area contributed by atoms with Gasteiger partial charge >= 0.3 is 6.09 Å². The lowest BCUT2D eigenvalue weighted by atomic mass is 10.3. The average molecular weight is 479 g/mol. The highest BCUT2D eigenvalue weighted by molar-refractivity contribution is 7.99. The number of anilines is 1. The maximum atomic E-state index is 12.8. The summed E-state index contributed by atoms with van der Waals surface area (Å²) in [6.45, 7) is 5.93. The van der Waals surface area contributed by atoms with Crippen LogP contribution in [-0.2, 0) is 9.53 Å². The molecule has 2 amide bonds. The third-order valence-corrected chi connectivity index (χ3v) is 6.81. The second-order valence-corrected chi connectivity index (χ2v) is 8.97. The molecule has 11 heteroatoms. The third kappa shape index (κ3) is 4.96. The lowest BCUT2D eigenvalue weighted by Gasteiger charge is -2.34. The number of para-hydroxylation sites is 1. The first-order chi connectivity index (χ1) is 15.6. The molecule has 9 nitrogen and oxygen atoms in total. The molecule has 0 N–H and O–H groups in total. The number of amides is 2. The Hall–Kier alpha value is -2.46. The normalized spacial score (nSPS) is 16.5. The largest absolute Gasteiger partial charge is 0.450 e. The maximum absolute atomic E-state index is 12.8. The van der Waals surface area contributed by atoms with Crippen molar-refractivity contribution < 1.29 is 14.3 Å². The Morgan fingerprint density at radius 1 is 1.03 bits per heavy atom. The number of carbonyl (C=O) groups is 2. The molecular formula is C21H27ClN6O3S. The fraction of sp³-hybridized carbons (Fsp3) is 0.524. The number of rotatable bonds is 6. The number of ether oxygens (including phenoxy) is 1. The van der Waals surface area contributed by atoms with E-state index in [4.69, 9.17) is 16.3 Å². The van der Waals surface area contributed by atoms with Crippen molar-refractivity contribution in [1.82, 2.24) is 24.6 Å². The summed E-state index contributed by atoms with van der Waals surface area (Å²) in [6, 6.07) is 7.59. The molecule has 0 aliphatic carbocycles. The van der Waals surface area contributed by atoms with E-state index < -0.39 is 0 Å². The van der Waals surface area contributed by atoms with Crippen molar-refractivity contribution in [2.75, 3.05) is 56.5 Å². The van der Waals surface area contributed by atoms with Crippen LogP contribution in [0.25, 0.3) is 5.69 Å². The van der Waals surface area contributed by atoms with Crippen LogP contribution < -0.4 is 4.90 Å². The van der Waals surface area contributed by atoms with Gasteiger partial charge in [-0.1, -0.05) is 35.5 Å². The molecule has 0 radical (unpaired) electrons. The van der Waals surface area contributed by atoms with Gasteiger partial charge in [-0.2, -0.15) is 0 Å². The van der Waals surface area contributed by atoms with Gasteiger partial charge in [0.05, 0.1) is 23.1 Å². The van der Waals surface area contributed by atoms with E-state index >= 15 is 0 Å². The smallest absolute Gasteiger partial charge is 0.409 e. The fourth-order valence-corrected chi connectivity index (χ4v) is 4.96. The second-order valence-electron chi connectivity index (χ2n) is 7.62. The third-order valence-electron chi connectivity index (χ3n) is 5.58. The monoisotopic (exact) mass is 478 g/mol. The molecule has 0 atom stereocenters. The van der Waals surface area contributed by atoms with Gasteiger partial charge < -0.3 is 19.4 Å². The number of hydrogen-bond acceptors (Lipinski definition) is 7. The molecule has 3 heterocycles. The summed E-state index contributed by atoms with van der Waals surface area (Å²) in [4.78, 5) is 30.3. The van der Waals surface area contributed by atoms with E-state index in [-0.39, 0.29) is 17.8 Å². The van der Waals surface area contributed by atoms with Gasteiger partial charge in [0.25, 0.3) is 0 Å². The molecule has 4 rings (SSSR count). The van der Waals surface area contributed by atoms with Crippen molar-refractivity contribution in [3.63, 3.8) is 0 Å². The van der Waals surface area contributed by atoms with E-state index in [2.05, 4.69) is 15.1 Å². The Kier molecular flexibility index (Phi) is 7.41. The molecule has 172 valence electrons. The van der Waals surface area contributed by atoms with Crippen molar-refractivity contribution >= 4 is 41.3 Å². The quantitative estimate of drug-likeness (QED) is 0.590. The van der Waals surface area contributed by atoms with Crippen LogP contribution in [-0.4, -0.2) is 88.2 Å². The predicted octanol–water partition coefficient (Wildman–Crippen LogP) is 2.91. The highest BCUT2D eigenvalue weighted by Crippen LogP contribution is 2.32. The molecule has 1 aromatic carbocycles. The van der Waals surface area contributed by atoms with Gasteiger partial charge in [-0.3, -0.25) is 9.36 Å². The van der Waals surface area contributed by atoms with Gasteiger partial charge in [0.15, 0.2) is 5.16 Å². The standard InChI is InChI=1S/C21H27ClN6O3S/c1-2-31-21(30)27-13-11-25(12-14-27)18(29)15-32-20-24-23-19(26-9-5-6-10-26)28(20)17-8-4-3-7-16(17)22/h3-4,7-8H,2,5-6,9-15H2,1H3. The summed E-state index contributed by atoms with van der Waals surface area (Å²) in [6.07, 6.45) is 1.92. The van der Waals surface area contributed by atoms with Gasteiger partial charge in [0, 0.05) is 39.3 Å². The molecule has 0 saturated carbocycles. The topological polar surface area (TPSA) is 83.8 Å². The van der Waals surface area contributed by atoms with Crippen LogP contribution >= 0.6 is 23.4 Å². The molecule has 2 aliphatic heterocycles. The molecule has 0 spiro atoms. The minimum atomic E-state index is -0.323. The molecule has 2 fully saturated rings. The molecule has 1 aromatic heterocycles. The van der Waals surface area contributed by atoms with Crippen molar-refractivity contribution in [1.29, 1.82) is 0 Å². The molecule has 2 saturated heterocycles. The van der Waals surface area contributed by atoms with E-state index in [1.807, 2.05) is 28.8 Å². The van der Waals surface area contributed by atoms with E-state index in [1.165, 1.54) is 11.8 Å². The first-order valence-corrected chi connectivity index (χ1v) is 12.2. The number of halogens is 1. The minimum absolute atomic E-state index is 0.00920. The van der Waals surface area contributed by atoms with Crippen LogP contribution in [0.5, 0.6) is 0 Å². The Balaban J connectivity index is 1.44. The highest BCUT2D eigenvalue weighted by Gasteiger charge is 2.27. The lowest BCUT2D eigenvalue weighted by molar-refractivity contribution is -0.129. The van der Waals surface area contributed by atoms with Gasteiger partial charge in [-0.05, 0) is 31.9 Å².